The highest BCUT2D eigenvalue weighted by Crippen LogP contribution is 2.55. The van der Waals surface area contributed by atoms with Crippen LogP contribution in [0, 0.1) is 13.8 Å². The van der Waals surface area contributed by atoms with Gasteiger partial charge < -0.3 is 19.7 Å². The van der Waals surface area contributed by atoms with Crippen LogP contribution in [0.3, 0.4) is 0 Å². The fourth-order valence-corrected chi connectivity index (χ4v) is 3.57. The van der Waals surface area contributed by atoms with Gasteiger partial charge in [-0.15, -0.1) is 0 Å². The van der Waals surface area contributed by atoms with Gasteiger partial charge in [0.1, 0.15) is 11.5 Å². The van der Waals surface area contributed by atoms with Crippen LogP contribution in [0.4, 0.5) is 0 Å². The molecule has 24 heavy (non-hydrogen) atoms. The van der Waals surface area contributed by atoms with Gasteiger partial charge in [-0.2, -0.15) is 0 Å². The van der Waals surface area contributed by atoms with Crippen molar-refractivity contribution in [2.24, 2.45) is 0 Å². The number of ether oxygens (including phenoxy) is 2. The van der Waals surface area contributed by atoms with Crippen LogP contribution in [0.25, 0.3) is 0 Å². The van der Waals surface area contributed by atoms with Gasteiger partial charge in [0.05, 0.1) is 5.56 Å². The molecule has 2 aromatic carbocycles. The van der Waals surface area contributed by atoms with Crippen molar-refractivity contribution in [1.82, 2.24) is 0 Å². The van der Waals surface area contributed by atoms with Gasteiger partial charge >= 0.3 is 5.97 Å². The van der Waals surface area contributed by atoms with Gasteiger partial charge in [0.2, 0.25) is 0 Å². The first-order chi connectivity index (χ1) is 11.3. The van der Waals surface area contributed by atoms with E-state index in [1.807, 2.05) is 19.9 Å². The molecule has 0 radical (unpaired) electrons. The Kier molecular flexibility index (Phi) is 3.04. The van der Waals surface area contributed by atoms with Crippen molar-refractivity contribution < 1.29 is 24.5 Å². The standard InChI is InChI=1S/C19H18O5/c1-11-3-5-13(15(20)9-11)19(22)8-7-18(24-19)14-6-4-12(2)10-16(14)23-17(18)21/h3-6,9-10,20,22H,7-8H2,1-2H3. The third kappa shape index (κ3) is 1.98. The Bertz CT molecular complexity index is 859. The summed E-state index contributed by atoms with van der Waals surface area (Å²) in [6, 6.07) is 10.4. The Balaban J connectivity index is 1.78. The first-order valence-electron chi connectivity index (χ1n) is 7.90. The molecule has 5 heteroatoms. The lowest BCUT2D eigenvalue weighted by molar-refractivity contribution is -0.235. The summed E-state index contributed by atoms with van der Waals surface area (Å²) in [6.45, 7) is 3.76. The Morgan fingerprint density at radius 2 is 1.67 bits per heavy atom. The average Bonchev–Trinajstić information content (AvgIpc) is 2.99. The number of esters is 1. The van der Waals surface area contributed by atoms with Crippen LogP contribution < -0.4 is 4.74 Å². The molecule has 124 valence electrons. The van der Waals surface area contributed by atoms with E-state index >= 15 is 0 Å². The van der Waals surface area contributed by atoms with Crippen LogP contribution in [0.5, 0.6) is 11.5 Å². The molecule has 1 spiro atoms. The summed E-state index contributed by atoms with van der Waals surface area (Å²) in [7, 11) is 0. The van der Waals surface area contributed by atoms with E-state index < -0.39 is 17.4 Å². The van der Waals surface area contributed by atoms with Crippen molar-refractivity contribution in [2.75, 3.05) is 0 Å². The maximum absolute atomic E-state index is 12.5. The van der Waals surface area contributed by atoms with Crippen LogP contribution in [0.2, 0.25) is 0 Å². The number of benzene rings is 2. The molecule has 2 aromatic rings. The Morgan fingerprint density at radius 3 is 2.38 bits per heavy atom. The van der Waals surface area contributed by atoms with Gasteiger partial charge in [-0.3, -0.25) is 0 Å². The summed E-state index contributed by atoms with van der Waals surface area (Å²) in [6.07, 6.45) is 0.470. The van der Waals surface area contributed by atoms with Crippen molar-refractivity contribution in [3.05, 3.63) is 58.7 Å². The summed E-state index contributed by atoms with van der Waals surface area (Å²) in [5.41, 5.74) is 1.41. The van der Waals surface area contributed by atoms with Crippen LogP contribution in [0.15, 0.2) is 36.4 Å². The molecule has 2 aliphatic heterocycles. The molecule has 0 aromatic heterocycles. The molecule has 0 amide bonds. The second-order valence-corrected chi connectivity index (χ2v) is 6.62. The highest BCUT2D eigenvalue weighted by atomic mass is 16.7. The molecule has 1 fully saturated rings. The average molecular weight is 326 g/mol. The minimum absolute atomic E-state index is 0.0509. The fourth-order valence-electron chi connectivity index (χ4n) is 3.57. The second kappa shape index (κ2) is 4.82. The van der Waals surface area contributed by atoms with Crippen molar-refractivity contribution in [3.63, 3.8) is 0 Å². The zero-order valence-electron chi connectivity index (χ0n) is 13.5. The van der Waals surface area contributed by atoms with Crippen molar-refractivity contribution in [3.8, 4) is 11.5 Å². The summed E-state index contributed by atoms with van der Waals surface area (Å²) in [4.78, 5) is 12.5. The van der Waals surface area contributed by atoms with Gasteiger partial charge in [0.15, 0.2) is 11.4 Å². The number of carbonyl (C=O) groups excluding carboxylic acids is 1. The second-order valence-electron chi connectivity index (χ2n) is 6.62. The Labute approximate surface area is 139 Å². The molecule has 2 N–H and O–H groups in total. The number of fused-ring (bicyclic) bond motifs is 2. The predicted molar refractivity (Wildman–Crippen MR) is 85.6 cm³/mol. The third-order valence-corrected chi connectivity index (χ3v) is 4.84. The van der Waals surface area contributed by atoms with E-state index in [0.717, 1.165) is 11.1 Å². The summed E-state index contributed by atoms with van der Waals surface area (Å²) in [5, 5.41) is 21.2. The quantitative estimate of drug-likeness (QED) is 0.622. The summed E-state index contributed by atoms with van der Waals surface area (Å²) >= 11 is 0. The monoisotopic (exact) mass is 326 g/mol. The summed E-state index contributed by atoms with van der Waals surface area (Å²) in [5.74, 6) is -1.84. The van der Waals surface area contributed by atoms with Gasteiger partial charge in [-0.1, -0.05) is 18.2 Å². The third-order valence-electron chi connectivity index (χ3n) is 4.84. The molecular weight excluding hydrogens is 308 g/mol. The summed E-state index contributed by atoms with van der Waals surface area (Å²) < 4.78 is 11.3. The highest BCUT2D eigenvalue weighted by Gasteiger charge is 2.60. The van der Waals surface area contributed by atoms with E-state index in [2.05, 4.69) is 0 Å². The number of rotatable bonds is 1. The van der Waals surface area contributed by atoms with Crippen molar-refractivity contribution in [1.29, 1.82) is 0 Å². The lowest BCUT2D eigenvalue weighted by Crippen LogP contribution is -2.37. The van der Waals surface area contributed by atoms with E-state index in [9.17, 15) is 15.0 Å². The number of aryl methyl sites for hydroxylation is 2. The topological polar surface area (TPSA) is 76.0 Å². The Morgan fingerprint density at radius 1 is 1.00 bits per heavy atom. The Hall–Kier alpha value is -2.37. The van der Waals surface area contributed by atoms with Crippen LogP contribution in [-0.4, -0.2) is 16.2 Å². The van der Waals surface area contributed by atoms with E-state index in [-0.39, 0.29) is 24.2 Å². The molecule has 0 aliphatic carbocycles. The largest absolute Gasteiger partial charge is 0.507 e. The first-order valence-corrected chi connectivity index (χ1v) is 7.90. The van der Waals surface area contributed by atoms with Crippen LogP contribution in [-0.2, 0) is 20.9 Å². The molecule has 2 aliphatic rings. The van der Waals surface area contributed by atoms with Gasteiger partial charge in [-0.05, 0) is 49.6 Å². The molecule has 5 nitrogen and oxygen atoms in total. The van der Waals surface area contributed by atoms with Crippen molar-refractivity contribution in [2.45, 2.75) is 38.1 Å². The molecule has 0 bridgehead atoms. The van der Waals surface area contributed by atoms with Gasteiger partial charge in [0.25, 0.3) is 0 Å². The zero-order valence-corrected chi connectivity index (χ0v) is 13.5. The molecule has 2 unspecified atom stereocenters. The number of hydrogen-bond donors (Lipinski definition) is 2. The normalized spacial score (nSPS) is 28.2. The number of hydrogen-bond acceptors (Lipinski definition) is 5. The molecule has 2 heterocycles. The molecular formula is C19H18O5. The van der Waals surface area contributed by atoms with Crippen LogP contribution in [0.1, 0.15) is 35.1 Å². The van der Waals surface area contributed by atoms with Gasteiger partial charge in [0, 0.05) is 12.0 Å². The van der Waals surface area contributed by atoms with E-state index in [4.69, 9.17) is 9.47 Å². The first kappa shape index (κ1) is 15.2. The molecule has 2 atom stereocenters. The van der Waals surface area contributed by atoms with E-state index in [1.165, 1.54) is 0 Å². The number of aliphatic hydroxyl groups is 1. The van der Waals surface area contributed by atoms with E-state index in [0.29, 0.717) is 11.3 Å². The highest BCUT2D eigenvalue weighted by molar-refractivity contribution is 5.89. The lowest BCUT2D eigenvalue weighted by Gasteiger charge is -2.27. The smallest absolute Gasteiger partial charge is 0.348 e. The molecule has 1 saturated heterocycles. The maximum atomic E-state index is 12.5. The lowest BCUT2D eigenvalue weighted by atomic mass is 9.91. The number of phenolic OH excluding ortho intramolecular Hbond substituents is 1. The minimum atomic E-state index is -1.73. The van der Waals surface area contributed by atoms with Gasteiger partial charge in [-0.25, -0.2) is 4.79 Å². The van der Waals surface area contributed by atoms with Crippen molar-refractivity contribution >= 4 is 5.97 Å². The minimum Gasteiger partial charge on any atom is -0.507 e. The predicted octanol–water partition coefficient (Wildman–Crippen LogP) is 2.78. The zero-order chi connectivity index (χ0) is 17.1. The molecule has 0 saturated carbocycles. The SMILES string of the molecule is Cc1ccc(C2(O)CCC3(O2)C(=O)Oc2cc(C)ccc23)c(O)c1. The number of phenols is 1. The number of aromatic hydroxyl groups is 1. The van der Waals surface area contributed by atoms with E-state index in [1.54, 1.807) is 30.3 Å². The maximum Gasteiger partial charge on any atom is 0.348 e. The van der Waals surface area contributed by atoms with Crippen LogP contribution >= 0.6 is 0 Å². The molecule has 4 rings (SSSR count). The fraction of sp³-hybridized carbons (Fsp3) is 0.316. The number of carbonyl (C=O) groups is 1.